The third-order valence-electron chi connectivity index (χ3n) is 6.70. The number of aliphatic hydroxyl groups is 1. The molecule has 0 fully saturated rings. The van der Waals surface area contributed by atoms with E-state index in [1.165, 1.54) is 27.8 Å². The zero-order valence-electron chi connectivity index (χ0n) is 18.4. The summed E-state index contributed by atoms with van der Waals surface area (Å²) in [6.07, 6.45) is 4.93. The highest BCUT2D eigenvalue weighted by Crippen LogP contribution is 2.51. The number of ether oxygens (including phenoxy) is 1. The van der Waals surface area contributed by atoms with Crippen LogP contribution in [0.25, 0.3) is 5.57 Å². The van der Waals surface area contributed by atoms with E-state index in [1.54, 1.807) is 0 Å². The fourth-order valence-corrected chi connectivity index (χ4v) is 5.02. The Morgan fingerprint density at radius 2 is 1.66 bits per heavy atom. The summed E-state index contributed by atoms with van der Waals surface area (Å²) in [5, 5.41) is 9.81. The van der Waals surface area contributed by atoms with Gasteiger partial charge in [-0.15, -0.1) is 0 Å². The Morgan fingerprint density at radius 1 is 0.906 bits per heavy atom. The van der Waals surface area contributed by atoms with E-state index in [1.807, 2.05) is 24.3 Å². The zero-order valence-corrected chi connectivity index (χ0v) is 18.4. The number of allylic oxidation sites excluding steroid dienone is 3. The second kappa shape index (κ2) is 7.85. The van der Waals surface area contributed by atoms with Gasteiger partial charge in [0, 0.05) is 23.4 Å². The summed E-state index contributed by atoms with van der Waals surface area (Å²) in [4.78, 5) is 0. The molecular formula is C29H27NO2. The average Bonchev–Trinajstić information content (AvgIpc) is 3.02. The van der Waals surface area contributed by atoms with Crippen LogP contribution in [0, 0.1) is 0 Å². The molecule has 1 aliphatic heterocycles. The van der Waals surface area contributed by atoms with Crippen LogP contribution in [0.5, 0.6) is 5.75 Å². The molecule has 0 bridgehead atoms. The van der Waals surface area contributed by atoms with E-state index in [0.29, 0.717) is 12.3 Å². The largest absolute Gasteiger partial charge is 0.512 e. The smallest absolute Gasteiger partial charge is 0.161 e. The first-order valence-electron chi connectivity index (χ1n) is 11.0. The molecule has 1 aliphatic carbocycles. The molecule has 1 atom stereocenters. The van der Waals surface area contributed by atoms with Gasteiger partial charge in [-0.05, 0) is 45.5 Å². The predicted molar refractivity (Wildman–Crippen MR) is 130 cm³/mol. The van der Waals surface area contributed by atoms with E-state index in [9.17, 15) is 5.11 Å². The van der Waals surface area contributed by atoms with Gasteiger partial charge in [0.1, 0.15) is 12.0 Å². The molecule has 0 amide bonds. The van der Waals surface area contributed by atoms with Gasteiger partial charge < -0.3 is 15.6 Å². The van der Waals surface area contributed by atoms with Crippen LogP contribution in [0.3, 0.4) is 0 Å². The molecule has 3 N–H and O–H groups in total. The number of rotatable bonds is 3. The lowest BCUT2D eigenvalue weighted by Gasteiger charge is -2.24. The second-order valence-electron chi connectivity index (χ2n) is 8.88. The average molecular weight is 422 g/mol. The van der Waals surface area contributed by atoms with Gasteiger partial charge in [-0.25, -0.2) is 0 Å². The SMILES string of the molecule is CC1(C)C2=C(c3ccc(C(CN)c4ccccc4)cc3OC(=C\O)/C=C\2)c2ccccc21. The van der Waals surface area contributed by atoms with E-state index < -0.39 is 0 Å². The summed E-state index contributed by atoms with van der Waals surface area (Å²) in [6, 6.07) is 25.2. The molecule has 2 aliphatic rings. The highest BCUT2D eigenvalue weighted by Gasteiger charge is 2.38. The van der Waals surface area contributed by atoms with Gasteiger partial charge >= 0.3 is 0 Å². The van der Waals surface area contributed by atoms with Crippen molar-refractivity contribution < 1.29 is 9.84 Å². The molecule has 5 rings (SSSR count). The number of benzene rings is 3. The fourth-order valence-electron chi connectivity index (χ4n) is 5.02. The third-order valence-corrected chi connectivity index (χ3v) is 6.70. The Balaban J connectivity index is 1.72. The first-order chi connectivity index (χ1) is 15.5. The van der Waals surface area contributed by atoms with Crippen molar-refractivity contribution >= 4 is 5.57 Å². The van der Waals surface area contributed by atoms with Gasteiger partial charge in [-0.1, -0.05) is 86.7 Å². The van der Waals surface area contributed by atoms with E-state index in [0.717, 1.165) is 23.1 Å². The summed E-state index contributed by atoms with van der Waals surface area (Å²) < 4.78 is 6.20. The van der Waals surface area contributed by atoms with Crippen molar-refractivity contribution in [2.75, 3.05) is 6.54 Å². The predicted octanol–water partition coefficient (Wildman–Crippen LogP) is 6.22. The number of hydrogen-bond donors (Lipinski definition) is 2. The Hall–Kier alpha value is -3.56. The molecule has 1 unspecified atom stereocenters. The first-order valence-corrected chi connectivity index (χ1v) is 11.0. The molecule has 3 aromatic carbocycles. The minimum Gasteiger partial charge on any atom is -0.512 e. The van der Waals surface area contributed by atoms with Crippen LogP contribution in [0.2, 0.25) is 0 Å². The molecular weight excluding hydrogens is 394 g/mol. The maximum atomic E-state index is 9.81. The fraction of sp³-hybridized carbons (Fsp3) is 0.172. The van der Waals surface area contributed by atoms with Crippen molar-refractivity contribution in [1.29, 1.82) is 0 Å². The number of nitrogens with two attached hydrogens (primary N) is 1. The Bertz CT molecular complexity index is 1270. The molecule has 3 aromatic rings. The van der Waals surface area contributed by atoms with Crippen LogP contribution in [0.15, 0.2) is 103 Å². The summed E-state index contributed by atoms with van der Waals surface area (Å²) in [7, 11) is 0. The summed E-state index contributed by atoms with van der Waals surface area (Å²) in [5.41, 5.74) is 14.2. The monoisotopic (exact) mass is 421 g/mol. The van der Waals surface area contributed by atoms with Gasteiger partial charge in [0.25, 0.3) is 0 Å². The molecule has 3 nitrogen and oxygen atoms in total. The van der Waals surface area contributed by atoms with Gasteiger partial charge in [0.05, 0.1) is 0 Å². The maximum Gasteiger partial charge on any atom is 0.161 e. The molecule has 0 saturated carbocycles. The van der Waals surface area contributed by atoms with Gasteiger partial charge in [0.2, 0.25) is 0 Å². The van der Waals surface area contributed by atoms with Crippen LogP contribution in [-0.2, 0) is 5.41 Å². The van der Waals surface area contributed by atoms with E-state index in [-0.39, 0.29) is 11.3 Å². The number of aliphatic hydroxyl groups excluding tert-OH is 1. The first kappa shape index (κ1) is 20.3. The Kier molecular flexibility index (Phi) is 4.99. The van der Waals surface area contributed by atoms with Crippen molar-refractivity contribution in [2.24, 2.45) is 5.73 Å². The lowest BCUT2D eigenvalue weighted by Crippen LogP contribution is -2.16. The van der Waals surface area contributed by atoms with Gasteiger partial charge in [-0.2, -0.15) is 0 Å². The highest BCUT2D eigenvalue weighted by atomic mass is 16.5. The maximum absolute atomic E-state index is 9.81. The van der Waals surface area contributed by atoms with Crippen LogP contribution in [0.4, 0.5) is 0 Å². The summed E-state index contributed by atoms with van der Waals surface area (Å²) in [6.45, 7) is 4.99. The van der Waals surface area contributed by atoms with Crippen LogP contribution in [0.1, 0.15) is 47.6 Å². The zero-order chi connectivity index (χ0) is 22.3. The molecule has 160 valence electrons. The van der Waals surface area contributed by atoms with Crippen LogP contribution >= 0.6 is 0 Å². The number of fused-ring (bicyclic) bond motifs is 4. The van der Waals surface area contributed by atoms with Crippen molar-refractivity contribution in [3.63, 3.8) is 0 Å². The molecule has 32 heavy (non-hydrogen) atoms. The van der Waals surface area contributed by atoms with Crippen LogP contribution in [-0.4, -0.2) is 11.7 Å². The Labute approximate surface area is 189 Å². The van der Waals surface area contributed by atoms with Gasteiger partial charge in [0.15, 0.2) is 5.76 Å². The van der Waals surface area contributed by atoms with E-state index >= 15 is 0 Å². The topological polar surface area (TPSA) is 55.5 Å². The summed E-state index contributed by atoms with van der Waals surface area (Å²) in [5.74, 6) is 1.20. The van der Waals surface area contributed by atoms with Crippen LogP contribution < -0.4 is 10.5 Å². The van der Waals surface area contributed by atoms with Gasteiger partial charge in [-0.3, -0.25) is 0 Å². The molecule has 0 aromatic heterocycles. The molecule has 3 heteroatoms. The minimum absolute atomic E-state index is 0.0633. The molecule has 0 saturated heterocycles. The lowest BCUT2D eigenvalue weighted by molar-refractivity contribution is 0.386. The van der Waals surface area contributed by atoms with E-state index in [2.05, 4.69) is 74.5 Å². The van der Waals surface area contributed by atoms with Crippen molar-refractivity contribution in [3.8, 4) is 5.75 Å². The lowest BCUT2D eigenvalue weighted by atomic mass is 9.80. The third kappa shape index (κ3) is 3.17. The molecule has 0 radical (unpaired) electrons. The molecule has 1 heterocycles. The number of hydrogen-bond acceptors (Lipinski definition) is 3. The van der Waals surface area contributed by atoms with Crippen molar-refractivity contribution in [1.82, 2.24) is 0 Å². The normalized spacial score (nSPS) is 19.3. The van der Waals surface area contributed by atoms with Crippen molar-refractivity contribution in [2.45, 2.75) is 25.2 Å². The molecule has 0 spiro atoms. The van der Waals surface area contributed by atoms with E-state index in [4.69, 9.17) is 10.5 Å². The quantitative estimate of drug-likeness (QED) is 0.494. The minimum atomic E-state index is -0.153. The van der Waals surface area contributed by atoms with Crippen molar-refractivity contribution in [3.05, 3.63) is 130 Å². The second-order valence-corrected chi connectivity index (χ2v) is 8.88. The highest BCUT2D eigenvalue weighted by molar-refractivity contribution is 5.93. The standard InChI is InChI=1S/C29H27NO2/c1-29(2)25-11-7-6-10-22(25)28-23-14-12-20(24(17-30)19-8-4-3-5-9-19)16-27(23)32-21(18-31)13-15-26(28)29/h3-16,18,24,31H,17,30H2,1-2H3/b15-13-,21-18-. The Morgan fingerprint density at radius 3 is 2.41 bits per heavy atom. The summed E-state index contributed by atoms with van der Waals surface area (Å²) >= 11 is 0.